The fourth-order valence-electron chi connectivity index (χ4n) is 0.853. The zero-order valence-corrected chi connectivity index (χ0v) is 6.50. The average molecular weight is 167 g/mol. The topological polar surface area (TPSA) is 46.2 Å². The average Bonchev–Trinajstić information content (AvgIpc) is 2.03. The Bertz CT molecular complexity index is 297. The van der Waals surface area contributed by atoms with Gasteiger partial charge in [-0.05, 0) is 12.1 Å². The minimum atomic E-state index is -0.447. The van der Waals surface area contributed by atoms with Crippen LogP contribution in [0.5, 0.6) is 5.75 Å². The van der Waals surface area contributed by atoms with Gasteiger partial charge in [-0.15, -0.1) is 0 Å². The summed E-state index contributed by atoms with van der Waals surface area (Å²) in [5.74, 6) is -0.517. The molecule has 2 nitrogen and oxygen atoms in total. The summed E-state index contributed by atoms with van der Waals surface area (Å²) in [6.45, 7) is 0.400. The van der Waals surface area contributed by atoms with Gasteiger partial charge in [-0.1, -0.05) is 12.2 Å². The maximum Gasteiger partial charge on any atom is 0.126 e. The van der Waals surface area contributed by atoms with Crippen molar-refractivity contribution in [3.8, 4) is 5.75 Å². The van der Waals surface area contributed by atoms with Crippen LogP contribution >= 0.6 is 0 Å². The molecular weight excluding hydrogens is 157 g/mol. The van der Waals surface area contributed by atoms with Gasteiger partial charge < -0.3 is 10.8 Å². The third-order valence-corrected chi connectivity index (χ3v) is 1.43. The molecule has 12 heavy (non-hydrogen) atoms. The largest absolute Gasteiger partial charge is 0.507 e. The molecule has 3 N–H and O–H groups in total. The Morgan fingerprint density at radius 1 is 1.50 bits per heavy atom. The van der Waals surface area contributed by atoms with E-state index >= 15 is 0 Å². The predicted molar refractivity (Wildman–Crippen MR) is 46.2 cm³/mol. The lowest BCUT2D eigenvalue weighted by Crippen LogP contribution is -1.92. The van der Waals surface area contributed by atoms with Gasteiger partial charge in [0.05, 0.1) is 0 Å². The summed E-state index contributed by atoms with van der Waals surface area (Å²) in [6.07, 6.45) is 3.34. The van der Waals surface area contributed by atoms with Gasteiger partial charge in [0.25, 0.3) is 0 Å². The van der Waals surface area contributed by atoms with Crippen molar-refractivity contribution in [3.05, 3.63) is 35.7 Å². The van der Waals surface area contributed by atoms with E-state index in [-0.39, 0.29) is 5.75 Å². The standard InChI is InChI=1S/C9H10FNO/c10-8-4-3-7(2-1-5-11)9(12)6-8/h1-4,6,12H,5,11H2/b2-1+. The molecule has 0 saturated carbocycles. The number of rotatable bonds is 2. The molecule has 1 aromatic carbocycles. The zero-order chi connectivity index (χ0) is 8.97. The van der Waals surface area contributed by atoms with Gasteiger partial charge in [-0.2, -0.15) is 0 Å². The minimum absolute atomic E-state index is 0.0697. The molecule has 0 aromatic heterocycles. The fraction of sp³-hybridized carbons (Fsp3) is 0.111. The van der Waals surface area contributed by atoms with Crippen molar-refractivity contribution < 1.29 is 9.50 Å². The molecule has 0 amide bonds. The smallest absolute Gasteiger partial charge is 0.126 e. The van der Waals surface area contributed by atoms with Crippen LogP contribution in [0, 0.1) is 5.82 Å². The van der Waals surface area contributed by atoms with E-state index in [9.17, 15) is 9.50 Å². The summed E-state index contributed by atoms with van der Waals surface area (Å²) in [5, 5.41) is 9.19. The van der Waals surface area contributed by atoms with Gasteiger partial charge in [-0.3, -0.25) is 0 Å². The first-order chi connectivity index (χ1) is 5.74. The van der Waals surface area contributed by atoms with Gasteiger partial charge in [0, 0.05) is 18.2 Å². The third kappa shape index (κ3) is 2.07. The van der Waals surface area contributed by atoms with E-state index in [2.05, 4.69) is 0 Å². The van der Waals surface area contributed by atoms with Crippen LogP contribution in [0.1, 0.15) is 5.56 Å². The van der Waals surface area contributed by atoms with Crippen molar-refractivity contribution in [2.24, 2.45) is 5.73 Å². The van der Waals surface area contributed by atoms with Crippen molar-refractivity contribution >= 4 is 6.08 Å². The first-order valence-corrected chi connectivity index (χ1v) is 3.59. The Morgan fingerprint density at radius 2 is 2.25 bits per heavy atom. The van der Waals surface area contributed by atoms with Crippen LogP contribution < -0.4 is 5.73 Å². The van der Waals surface area contributed by atoms with Gasteiger partial charge >= 0.3 is 0 Å². The Kier molecular flexibility index (Phi) is 2.82. The number of phenols is 1. The number of benzene rings is 1. The Balaban J connectivity index is 2.94. The summed E-state index contributed by atoms with van der Waals surface area (Å²) < 4.78 is 12.5. The fourth-order valence-corrected chi connectivity index (χ4v) is 0.853. The quantitative estimate of drug-likeness (QED) is 0.701. The first-order valence-electron chi connectivity index (χ1n) is 3.59. The van der Waals surface area contributed by atoms with Crippen molar-refractivity contribution in [1.29, 1.82) is 0 Å². The van der Waals surface area contributed by atoms with Crippen LogP contribution in [0.3, 0.4) is 0 Å². The molecule has 0 aliphatic rings. The highest BCUT2D eigenvalue weighted by Gasteiger charge is 1.97. The number of hydrogen-bond acceptors (Lipinski definition) is 2. The highest BCUT2D eigenvalue weighted by molar-refractivity contribution is 5.56. The van der Waals surface area contributed by atoms with E-state index in [1.807, 2.05) is 0 Å². The van der Waals surface area contributed by atoms with Crippen LogP contribution in [0.25, 0.3) is 6.08 Å². The van der Waals surface area contributed by atoms with E-state index in [0.29, 0.717) is 12.1 Å². The number of nitrogens with two attached hydrogens (primary N) is 1. The number of halogens is 1. The molecule has 0 saturated heterocycles. The Hall–Kier alpha value is -1.35. The third-order valence-electron chi connectivity index (χ3n) is 1.43. The Labute approximate surface area is 70.1 Å². The second kappa shape index (κ2) is 3.88. The lowest BCUT2D eigenvalue weighted by atomic mass is 10.2. The first kappa shape index (κ1) is 8.74. The monoisotopic (exact) mass is 167 g/mol. The predicted octanol–water partition coefficient (Wildman–Crippen LogP) is 1.50. The molecule has 1 rings (SSSR count). The lowest BCUT2D eigenvalue weighted by molar-refractivity contribution is 0.468. The van der Waals surface area contributed by atoms with E-state index in [1.165, 1.54) is 12.1 Å². The van der Waals surface area contributed by atoms with Crippen LogP contribution in [-0.4, -0.2) is 11.7 Å². The second-order valence-corrected chi connectivity index (χ2v) is 2.34. The van der Waals surface area contributed by atoms with Gasteiger partial charge in [0.2, 0.25) is 0 Å². The van der Waals surface area contributed by atoms with E-state index < -0.39 is 5.82 Å². The highest BCUT2D eigenvalue weighted by Crippen LogP contribution is 2.18. The SMILES string of the molecule is NC/C=C/c1ccc(F)cc1O. The number of aromatic hydroxyl groups is 1. The van der Waals surface area contributed by atoms with Crippen LogP contribution in [-0.2, 0) is 0 Å². The van der Waals surface area contributed by atoms with E-state index in [1.54, 1.807) is 12.2 Å². The van der Waals surface area contributed by atoms with Crippen molar-refractivity contribution in [2.45, 2.75) is 0 Å². The molecular formula is C9H10FNO. The summed E-state index contributed by atoms with van der Waals surface area (Å²) in [7, 11) is 0. The van der Waals surface area contributed by atoms with Crippen molar-refractivity contribution in [1.82, 2.24) is 0 Å². The highest BCUT2D eigenvalue weighted by atomic mass is 19.1. The molecule has 0 unspecified atom stereocenters. The molecule has 0 aliphatic heterocycles. The maximum absolute atomic E-state index is 12.5. The molecule has 0 heterocycles. The normalized spacial score (nSPS) is 10.8. The number of phenolic OH excluding ortho intramolecular Hbond substituents is 1. The maximum atomic E-state index is 12.5. The molecule has 0 aliphatic carbocycles. The van der Waals surface area contributed by atoms with Crippen molar-refractivity contribution in [3.63, 3.8) is 0 Å². The molecule has 64 valence electrons. The van der Waals surface area contributed by atoms with Gasteiger partial charge in [-0.25, -0.2) is 4.39 Å². The minimum Gasteiger partial charge on any atom is -0.507 e. The molecule has 1 aromatic rings. The zero-order valence-electron chi connectivity index (χ0n) is 6.50. The van der Waals surface area contributed by atoms with E-state index in [4.69, 9.17) is 5.73 Å². The molecule has 0 bridgehead atoms. The van der Waals surface area contributed by atoms with Crippen LogP contribution in [0.4, 0.5) is 4.39 Å². The molecule has 0 spiro atoms. The molecule has 0 fully saturated rings. The number of hydrogen-bond donors (Lipinski definition) is 2. The van der Waals surface area contributed by atoms with Crippen LogP contribution in [0.15, 0.2) is 24.3 Å². The summed E-state index contributed by atoms with van der Waals surface area (Å²) in [4.78, 5) is 0. The second-order valence-electron chi connectivity index (χ2n) is 2.34. The molecule has 0 radical (unpaired) electrons. The molecule has 3 heteroatoms. The van der Waals surface area contributed by atoms with Crippen LogP contribution in [0.2, 0.25) is 0 Å². The van der Waals surface area contributed by atoms with Crippen molar-refractivity contribution in [2.75, 3.05) is 6.54 Å². The Morgan fingerprint density at radius 3 is 2.83 bits per heavy atom. The summed E-state index contributed by atoms with van der Waals surface area (Å²) >= 11 is 0. The lowest BCUT2D eigenvalue weighted by Gasteiger charge is -1.97. The van der Waals surface area contributed by atoms with E-state index in [0.717, 1.165) is 6.07 Å². The van der Waals surface area contributed by atoms with Gasteiger partial charge in [0.1, 0.15) is 11.6 Å². The molecule has 0 atom stereocenters. The summed E-state index contributed by atoms with van der Waals surface area (Å²) in [6, 6.07) is 3.85. The van der Waals surface area contributed by atoms with Gasteiger partial charge in [0.15, 0.2) is 0 Å². The summed E-state index contributed by atoms with van der Waals surface area (Å²) in [5.41, 5.74) is 5.78.